The third-order valence-corrected chi connectivity index (χ3v) is 4.01. The molecule has 0 radical (unpaired) electrons. The second-order valence-electron chi connectivity index (χ2n) is 5.50. The van der Waals surface area contributed by atoms with Crippen LogP contribution >= 0.6 is 0 Å². The lowest BCUT2D eigenvalue weighted by atomic mass is 9.78. The van der Waals surface area contributed by atoms with Crippen molar-refractivity contribution >= 4 is 17.4 Å². The van der Waals surface area contributed by atoms with Gasteiger partial charge in [-0.2, -0.15) is 0 Å². The van der Waals surface area contributed by atoms with Gasteiger partial charge in [0.25, 0.3) is 5.69 Å². The fraction of sp³-hybridized carbons (Fsp3) is 0.467. The summed E-state index contributed by atoms with van der Waals surface area (Å²) in [5.41, 5.74) is 0.396. The predicted molar refractivity (Wildman–Crippen MR) is 75.1 cm³/mol. The summed E-state index contributed by atoms with van der Waals surface area (Å²) in [5, 5.41) is 19.6. The molecule has 1 aliphatic rings. The van der Waals surface area contributed by atoms with Crippen LogP contribution in [-0.2, 0) is 4.79 Å². The Morgan fingerprint density at radius 3 is 2.48 bits per heavy atom. The Hall–Kier alpha value is -2.24. The van der Waals surface area contributed by atoms with Crippen molar-refractivity contribution in [3.63, 3.8) is 0 Å². The Balaban J connectivity index is 1.97. The van der Waals surface area contributed by atoms with Crippen LogP contribution in [0.3, 0.4) is 0 Å². The summed E-state index contributed by atoms with van der Waals surface area (Å²) >= 11 is 0. The fourth-order valence-electron chi connectivity index (χ4n) is 2.85. The van der Waals surface area contributed by atoms with Gasteiger partial charge in [0.05, 0.1) is 10.8 Å². The number of Topliss-reactive ketones (excluding diaryl/α,β-unsaturated/α-hetero) is 1. The van der Waals surface area contributed by atoms with Crippen LogP contribution in [0.4, 0.5) is 5.69 Å². The first-order chi connectivity index (χ1) is 9.97. The van der Waals surface area contributed by atoms with Gasteiger partial charge in [0, 0.05) is 24.1 Å². The molecule has 0 bridgehead atoms. The number of nitro groups is 1. The SMILES string of the molecule is O=C(C[C@H]1CCC[C@@H](C(=O)O)C1)c1ccc([N+](=O)[O-])cc1. The lowest BCUT2D eigenvalue weighted by molar-refractivity contribution is -0.384. The highest BCUT2D eigenvalue weighted by molar-refractivity contribution is 5.96. The number of carbonyl (C=O) groups is 2. The summed E-state index contributed by atoms with van der Waals surface area (Å²) < 4.78 is 0. The van der Waals surface area contributed by atoms with Crippen LogP contribution in [0.25, 0.3) is 0 Å². The lowest BCUT2D eigenvalue weighted by Crippen LogP contribution is -2.24. The van der Waals surface area contributed by atoms with Gasteiger partial charge in [-0.1, -0.05) is 6.42 Å². The van der Waals surface area contributed by atoms with Crippen LogP contribution in [-0.4, -0.2) is 21.8 Å². The maximum Gasteiger partial charge on any atom is 0.306 e. The number of benzene rings is 1. The maximum atomic E-state index is 12.2. The van der Waals surface area contributed by atoms with Crippen LogP contribution in [0.15, 0.2) is 24.3 Å². The van der Waals surface area contributed by atoms with Gasteiger partial charge < -0.3 is 5.11 Å². The number of ketones is 1. The van der Waals surface area contributed by atoms with Gasteiger partial charge >= 0.3 is 5.97 Å². The predicted octanol–water partition coefficient (Wildman–Crippen LogP) is 3.06. The zero-order chi connectivity index (χ0) is 15.4. The summed E-state index contributed by atoms with van der Waals surface area (Å²) in [6.45, 7) is 0. The summed E-state index contributed by atoms with van der Waals surface area (Å²) in [6, 6.07) is 5.54. The van der Waals surface area contributed by atoms with E-state index in [4.69, 9.17) is 5.11 Å². The molecule has 0 heterocycles. The molecule has 2 rings (SSSR count). The highest BCUT2D eigenvalue weighted by Crippen LogP contribution is 2.32. The van der Waals surface area contributed by atoms with Crippen molar-refractivity contribution in [2.24, 2.45) is 11.8 Å². The molecule has 0 aromatic heterocycles. The molecule has 1 aromatic rings. The number of carboxylic acid groups (broad SMARTS) is 1. The molecular formula is C15H17NO5. The number of non-ortho nitro benzene ring substituents is 1. The molecule has 6 heteroatoms. The van der Waals surface area contributed by atoms with E-state index in [9.17, 15) is 19.7 Å². The molecule has 0 spiro atoms. The van der Waals surface area contributed by atoms with Gasteiger partial charge in [-0.3, -0.25) is 19.7 Å². The number of hydrogen-bond donors (Lipinski definition) is 1. The van der Waals surface area contributed by atoms with E-state index in [0.717, 1.165) is 12.8 Å². The van der Waals surface area contributed by atoms with Crippen molar-refractivity contribution in [3.8, 4) is 0 Å². The van der Waals surface area contributed by atoms with Crippen molar-refractivity contribution in [1.29, 1.82) is 0 Å². The standard InChI is InChI=1S/C15H17NO5/c17-14(11-4-6-13(7-5-11)16(20)21)9-10-2-1-3-12(8-10)15(18)19/h4-7,10,12H,1-3,8-9H2,(H,18,19)/t10-,12+/m0/s1. The Morgan fingerprint density at radius 2 is 1.90 bits per heavy atom. The molecule has 1 aromatic carbocycles. The largest absolute Gasteiger partial charge is 0.481 e. The molecule has 21 heavy (non-hydrogen) atoms. The van der Waals surface area contributed by atoms with E-state index in [2.05, 4.69) is 0 Å². The van der Waals surface area contributed by atoms with Crippen molar-refractivity contribution < 1.29 is 19.6 Å². The molecule has 1 fully saturated rings. The van der Waals surface area contributed by atoms with Crippen LogP contribution in [0.2, 0.25) is 0 Å². The minimum Gasteiger partial charge on any atom is -0.481 e. The smallest absolute Gasteiger partial charge is 0.306 e. The van der Waals surface area contributed by atoms with E-state index in [1.165, 1.54) is 24.3 Å². The fourth-order valence-corrected chi connectivity index (χ4v) is 2.85. The molecule has 1 N–H and O–H groups in total. The van der Waals surface area contributed by atoms with Gasteiger partial charge in [-0.25, -0.2) is 0 Å². The average molecular weight is 291 g/mol. The van der Waals surface area contributed by atoms with Gasteiger partial charge in [0.15, 0.2) is 5.78 Å². The third-order valence-electron chi connectivity index (χ3n) is 4.01. The first kappa shape index (κ1) is 15.2. The highest BCUT2D eigenvalue weighted by atomic mass is 16.6. The Bertz CT molecular complexity index is 552. The second kappa shape index (κ2) is 6.47. The van der Waals surface area contributed by atoms with E-state index < -0.39 is 10.9 Å². The first-order valence-electron chi connectivity index (χ1n) is 6.98. The zero-order valence-corrected chi connectivity index (χ0v) is 11.5. The maximum absolute atomic E-state index is 12.2. The number of hydrogen-bond acceptors (Lipinski definition) is 4. The Labute approximate surface area is 121 Å². The van der Waals surface area contributed by atoms with E-state index in [1.54, 1.807) is 0 Å². The van der Waals surface area contributed by atoms with E-state index >= 15 is 0 Å². The van der Waals surface area contributed by atoms with Crippen LogP contribution in [0.1, 0.15) is 42.5 Å². The number of nitro benzene ring substituents is 1. The minimum atomic E-state index is -0.789. The van der Waals surface area contributed by atoms with Crippen LogP contribution in [0.5, 0.6) is 0 Å². The highest BCUT2D eigenvalue weighted by Gasteiger charge is 2.28. The second-order valence-corrected chi connectivity index (χ2v) is 5.50. The molecule has 2 atom stereocenters. The molecule has 0 amide bonds. The lowest BCUT2D eigenvalue weighted by Gasteiger charge is -2.26. The van der Waals surface area contributed by atoms with Gasteiger partial charge in [-0.15, -0.1) is 0 Å². The number of aliphatic carboxylic acids is 1. The molecule has 0 saturated heterocycles. The molecule has 1 saturated carbocycles. The Morgan fingerprint density at radius 1 is 1.24 bits per heavy atom. The van der Waals surface area contributed by atoms with Crippen molar-refractivity contribution in [2.75, 3.05) is 0 Å². The first-order valence-corrected chi connectivity index (χ1v) is 6.98. The topological polar surface area (TPSA) is 97.5 Å². The molecule has 6 nitrogen and oxygen atoms in total. The number of carboxylic acids is 1. The molecule has 112 valence electrons. The van der Waals surface area contributed by atoms with Gasteiger partial charge in [0.1, 0.15) is 0 Å². The Kier molecular flexibility index (Phi) is 4.67. The summed E-state index contributed by atoms with van der Waals surface area (Å²) in [7, 11) is 0. The normalized spacial score (nSPS) is 21.7. The van der Waals surface area contributed by atoms with E-state index in [-0.39, 0.29) is 23.3 Å². The summed E-state index contributed by atoms with van der Waals surface area (Å²) in [4.78, 5) is 33.2. The quantitative estimate of drug-likeness (QED) is 0.510. The zero-order valence-electron chi connectivity index (χ0n) is 11.5. The molecule has 0 unspecified atom stereocenters. The summed E-state index contributed by atoms with van der Waals surface area (Å²) in [6.07, 6.45) is 3.21. The molecule has 0 aliphatic heterocycles. The summed E-state index contributed by atoms with van der Waals surface area (Å²) in [5.74, 6) is -1.14. The third kappa shape index (κ3) is 3.87. The van der Waals surface area contributed by atoms with Crippen molar-refractivity contribution in [3.05, 3.63) is 39.9 Å². The average Bonchev–Trinajstić information content (AvgIpc) is 2.47. The van der Waals surface area contributed by atoms with Gasteiger partial charge in [-0.05, 0) is 37.3 Å². The number of rotatable bonds is 5. The van der Waals surface area contributed by atoms with Crippen LogP contribution in [0, 0.1) is 22.0 Å². The molecule has 1 aliphatic carbocycles. The molecular weight excluding hydrogens is 274 g/mol. The monoisotopic (exact) mass is 291 g/mol. The number of carbonyl (C=O) groups excluding carboxylic acids is 1. The van der Waals surface area contributed by atoms with Gasteiger partial charge in [0.2, 0.25) is 0 Å². The van der Waals surface area contributed by atoms with Crippen molar-refractivity contribution in [2.45, 2.75) is 32.1 Å². The van der Waals surface area contributed by atoms with E-state index in [0.29, 0.717) is 24.8 Å². The van der Waals surface area contributed by atoms with E-state index in [1.807, 2.05) is 0 Å². The minimum absolute atomic E-state index is 0.0462. The number of nitrogens with zero attached hydrogens (tertiary/aromatic N) is 1. The van der Waals surface area contributed by atoms with Crippen molar-refractivity contribution in [1.82, 2.24) is 0 Å². The van der Waals surface area contributed by atoms with Crippen LogP contribution < -0.4 is 0 Å².